The van der Waals surface area contributed by atoms with Crippen molar-refractivity contribution in [2.75, 3.05) is 19.7 Å². The second kappa shape index (κ2) is 6.28. The molecule has 3 rings (SSSR count). The maximum absolute atomic E-state index is 10.1. The highest BCUT2D eigenvalue weighted by atomic mass is 16.5. The normalized spacial score (nSPS) is 16.5. The predicted molar refractivity (Wildman–Crippen MR) is 80.2 cm³/mol. The first-order chi connectivity index (χ1) is 10.2. The summed E-state index contributed by atoms with van der Waals surface area (Å²) in [5, 5.41) is 10.1. The van der Waals surface area contributed by atoms with Gasteiger partial charge in [-0.05, 0) is 19.1 Å². The largest absolute Gasteiger partial charge is 0.491 e. The Bertz CT molecular complexity index is 579. The Morgan fingerprint density at radius 1 is 1.29 bits per heavy atom. The number of aryl methyl sites for hydroxylation is 1. The molecule has 0 fully saturated rings. The summed E-state index contributed by atoms with van der Waals surface area (Å²) in [6, 6.07) is 7.87. The third kappa shape index (κ3) is 3.62. The maximum Gasteiger partial charge on any atom is 0.122 e. The summed E-state index contributed by atoms with van der Waals surface area (Å²) < 4.78 is 7.78. The van der Waals surface area contributed by atoms with Crippen molar-refractivity contribution in [3.8, 4) is 5.75 Å². The van der Waals surface area contributed by atoms with Gasteiger partial charge in [-0.15, -0.1) is 0 Å². The molecule has 1 aromatic carbocycles. The van der Waals surface area contributed by atoms with Crippen LogP contribution in [0.3, 0.4) is 0 Å². The molecule has 5 heteroatoms. The van der Waals surface area contributed by atoms with E-state index in [4.69, 9.17) is 4.74 Å². The number of rotatable bonds is 5. The fourth-order valence-electron chi connectivity index (χ4n) is 2.56. The number of hydrogen-bond donors (Lipinski definition) is 1. The molecule has 1 aromatic heterocycles. The second-order valence-corrected chi connectivity index (χ2v) is 5.55. The zero-order valence-corrected chi connectivity index (χ0v) is 12.3. The molecule has 2 heterocycles. The Kier molecular flexibility index (Phi) is 4.22. The molecular weight excluding hydrogens is 266 g/mol. The van der Waals surface area contributed by atoms with E-state index < -0.39 is 6.10 Å². The Balaban J connectivity index is 1.46. The van der Waals surface area contributed by atoms with Gasteiger partial charge in [0.15, 0.2) is 0 Å². The van der Waals surface area contributed by atoms with Crippen LogP contribution in [0.4, 0.5) is 0 Å². The molecule has 5 nitrogen and oxygen atoms in total. The molecule has 21 heavy (non-hydrogen) atoms. The molecule has 0 saturated heterocycles. The van der Waals surface area contributed by atoms with E-state index in [0.29, 0.717) is 13.2 Å². The summed E-state index contributed by atoms with van der Waals surface area (Å²) in [5.41, 5.74) is 1.20. The minimum atomic E-state index is -0.493. The molecule has 1 aliphatic rings. The molecule has 2 aromatic rings. The van der Waals surface area contributed by atoms with E-state index >= 15 is 0 Å². The smallest absolute Gasteiger partial charge is 0.122 e. The number of ether oxygens (including phenoxy) is 1. The lowest BCUT2D eigenvalue weighted by atomic mass is 10.2. The molecule has 1 aliphatic heterocycles. The van der Waals surface area contributed by atoms with Crippen LogP contribution in [-0.4, -0.2) is 45.4 Å². The highest BCUT2D eigenvalue weighted by Gasteiger charge is 2.19. The molecule has 0 amide bonds. The molecular formula is C16H21N3O2. The fraction of sp³-hybridized carbons (Fsp3) is 0.438. The zero-order chi connectivity index (χ0) is 14.7. The first-order valence-electron chi connectivity index (χ1n) is 7.30. The summed E-state index contributed by atoms with van der Waals surface area (Å²) in [7, 11) is 0. The van der Waals surface area contributed by atoms with Crippen LogP contribution in [-0.2, 0) is 13.1 Å². The number of benzene rings is 1. The summed E-state index contributed by atoms with van der Waals surface area (Å²) in [6.45, 7) is 5.62. The van der Waals surface area contributed by atoms with Crippen LogP contribution in [0.2, 0.25) is 0 Å². The number of β-amino-alcohol motifs (C(OH)–C–C–N with tert-alkyl or cyclic N) is 1. The molecule has 1 atom stereocenters. The van der Waals surface area contributed by atoms with Crippen molar-refractivity contribution >= 4 is 0 Å². The molecule has 0 bridgehead atoms. The van der Waals surface area contributed by atoms with E-state index in [1.54, 1.807) is 0 Å². The van der Waals surface area contributed by atoms with Crippen LogP contribution >= 0.6 is 0 Å². The van der Waals surface area contributed by atoms with Crippen molar-refractivity contribution in [3.63, 3.8) is 0 Å². The van der Waals surface area contributed by atoms with Gasteiger partial charge in [0.05, 0.1) is 6.54 Å². The molecule has 0 radical (unpaired) electrons. The van der Waals surface area contributed by atoms with Gasteiger partial charge in [-0.1, -0.05) is 17.7 Å². The van der Waals surface area contributed by atoms with Gasteiger partial charge in [0.2, 0.25) is 0 Å². The van der Waals surface area contributed by atoms with Gasteiger partial charge in [0, 0.05) is 32.0 Å². The van der Waals surface area contributed by atoms with E-state index in [-0.39, 0.29) is 0 Å². The van der Waals surface area contributed by atoms with Gasteiger partial charge in [0.1, 0.15) is 24.3 Å². The first-order valence-corrected chi connectivity index (χ1v) is 7.30. The van der Waals surface area contributed by atoms with E-state index in [1.807, 2.05) is 43.6 Å². The SMILES string of the molecule is Cc1ccc(OC[C@@H](O)CN2CCn3ccnc3C2)cc1. The van der Waals surface area contributed by atoms with Gasteiger partial charge >= 0.3 is 0 Å². The number of imidazole rings is 1. The lowest BCUT2D eigenvalue weighted by Gasteiger charge is -2.29. The zero-order valence-electron chi connectivity index (χ0n) is 12.3. The molecule has 112 valence electrons. The summed E-state index contributed by atoms with van der Waals surface area (Å²) in [4.78, 5) is 6.54. The van der Waals surface area contributed by atoms with Crippen molar-refractivity contribution in [2.45, 2.75) is 26.1 Å². The van der Waals surface area contributed by atoms with Crippen LogP contribution in [0.5, 0.6) is 5.75 Å². The van der Waals surface area contributed by atoms with Crippen LogP contribution in [0.15, 0.2) is 36.7 Å². The lowest BCUT2D eigenvalue weighted by molar-refractivity contribution is 0.0583. The highest BCUT2D eigenvalue weighted by Crippen LogP contribution is 2.13. The Hall–Kier alpha value is -1.85. The van der Waals surface area contributed by atoms with Crippen molar-refractivity contribution < 1.29 is 9.84 Å². The van der Waals surface area contributed by atoms with E-state index in [0.717, 1.165) is 31.2 Å². The first kappa shape index (κ1) is 14.1. The van der Waals surface area contributed by atoms with E-state index in [2.05, 4.69) is 14.5 Å². The third-order valence-electron chi connectivity index (χ3n) is 3.76. The molecule has 0 aliphatic carbocycles. The lowest BCUT2D eigenvalue weighted by Crippen LogP contribution is -2.40. The van der Waals surface area contributed by atoms with Crippen LogP contribution in [0, 0.1) is 6.92 Å². The number of aliphatic hydroxyl groups excluding tert-OH is 1. The molecule has 1 N–H and O–H groups in total. The van der Waals surface area contributed by atoms with Gasteiger partial charge in [-0.3, -0.25) is 4.90 Å². The highest BCUT2D eigenvalue weighted by molar-refractivity contribution is 5.26. The maximum atomic E-state index is 10.1. The summed E-state index contributed by atoms with van der Waals surface area (Å²) >= 11 is 0. The Morgan fingerprint density at radius 2 is 2.10 bits per heavy atom. The van der Waals surface area contributed by atoms with Crippen LogP contribution in [0.25, 0.3) is 0 Å². The Morgan fingerprint density at radius 3 is 2.90 bits per heavy atom. The number of nitrogens with zero attached hydrogens (tertiary/aromatic N) is 3. The average molecular weight is 287 g/mol. The van der Waals surface area contributed by atoms with Crippen molar-refractivity contribution in [2.24, 2.45) is 0 Å². The quantitative estimate of drug-likeness (QED) is 0.904. The summed E-state index contributed by atoms with van der Waals surface area (Å²) in [6.07, 6.45) is 3.34. The van der Waals surface area contributed by atoms with Crippen molar-refractivity contribution in [1.82, 2.24) is 14.5 Å². The topological polar surface area (TPSA) is 50.5 Å². The van der Waals surface area contributed by atoms with Crippen LogP contribution in [0.1, 0.15) is 11.4 Å². The van der Waals surface area contributed by atoms with E-state index in [1.165, 1.54) is 5.56 Å². The van der Waals surface area contributed by atoms with Crippen molar-refractivity contribution in [1.29, 1.82) is 0 Å². The number of aromatic nitrogens is 2. The monoisotopic (exact) mass is 287 g/mol. The molecule has 0 unspecified atom stereocenters. The van der Waals surface area contributed by atoms with Gasteiger partial charge in [-0.25, -0.2) is 4.98 Å². The van der Waals surface area contributed by atoms with E-state index in [9.17, 15) is 5.11 Å². The minimum absolute atomic E-state index is 0.313. The number of aliphatic hydroxyl groups is 1. The second-order valence-electron chi connectivity index (χ2n) is 5.55. The standard InChI is InChI=1S/C16H21N3O2/c1-13-2-4-15(5-3-13)21-12-14(20)10-18-8-9-19-7-6-17-16(19)11-18/h2-7,14,20H,8-12H2,1H3/t14-/m0/s1. The molecule has 0 spiro atoms. The fourth-order valence-corrected chi connectivity index (χ4v) is 2.56. The minimum Gasteiger partial charge on any atom is -0.491 e. The van der Waals surface area contributed by atoms with Crippen molar-refractivity contribution in [3.05, 3.63) is 48.0 Å². The Labute approximate surface area is 124 Å². The average Bonchev–Trinajstić information content (AvgIpc) is 2.94. The summed E-state index contributed by atoms with van der Waals surface area (Å²) in [5.74, 6) is 1.86. The number of hydrogen-bond acceptors (Lipinski definition) is 4. The predicted octanol–water partition coefficient (Wildman–Crippen LogP) is 1.45. The van der Waals surface area contributed by atoms with Crippen LogP contribution < -0.4 is 4.74 Å². The molecule has 0 saturated carbocycles. The van der Waals surface area contributed by atoms with Gasteiger partial charge < -0.3 is 14.4 Å². The third-order valence-corrected chi connectivity index (χ3v) is 3.76. The number of fused-ring (bicyclic) bond motifs is 1. The van der Waals surface area contributed by atoms with Gasteiger partial charge in [-0.2, -0.15) is 0 Å². The van der Waals surface area contributed by atoms with Gasteiger partial charge in [0.25, 0.3) is 0 Å².